The molecule has 2 aliphatic rings. The summed E-state index contributed by atoms with van der Waals surface area (Å²) >= 11 is 0. The van der Waals surface area contributed by atoms with E-state index >= 15 is 0 Å². The van der Waals surface area contributed by atoms with Crippen LogP contribution in [0.2, 0.25) is 0 Å². The maximum Gasteiger partial charge on any atom is 0.481 e. The third-order valence-electron chi connectivity index (χ3n) is 5.17. The van der Waals surface area contributed by atoms with Crippen molar-refractivity contribution in [2.45, 2.75) is 31.7 Å². The van der Waals surface area contributed by atoms with Crippen LogP contribution in [-0.2, 0) is 0 Å². The van der Waals surface area contributed by atoms with Crippen LogP contribution in [0.5, 0.6) is 5.75 Å². The number of nitrogens with zero attached hydrogens (tertiary/aromatic N) is 1. The fourth-order valence-electron chi connectivity index (χ4n) is 4.10. The van der Waals surface area contributed by atoms with Crippen molar-refractivity contribution >= 4 is 7.98 Å². The van der Waals surface area contributed by atoms with E-state index in [2.05, 4.69) is 19.1 Å². The highest BCUT2D eigenvalue weighted by atomic mass is 16.5. The monoisotopic (exact) mass is 272 g/mol. The predicted molar refractivity (Wildman–Crippen MR) is 79.6 cm³/mol. The van der Waals surface area contributed by atoms with Crippen molar-refractivity contribution in [2.24, 2.45) is 5.92 Å². The van der Waals surface area contributed by atoms with Gasteiger partial charge >= 0.3 is 7.98 Å². The van der Waals surface area contributed by atoms with Crippen LogP contribution in [0.25, 0.3) is 0 Å². The molecular weight excluding hydrogens is 249 g/mol. The zero-order valence-corrected chi connectivity index (χ0v) is 12.2. The van der Waals surface area contributed by atoms with Crippen molar-refractivity contribution in [2.75, 3.05) is 26.3 Å². The van der Waals surface area contributed by atoms with Gasteiger partial charge in [0.05, 0.1) is 26.3 Å². The van der Waals surface area contributed by atoms with E-state index in [1.165, 1.54) is 5.56 Å². The fraction of sp³-hybridized carbons (Fsp3) is 0.625. The number of quaternary nitrogens is 1. The summed E-state index contributed by atoms with van der Waals surface area (Å²) < 4.78 is 6.47. The summed E-state index contributed by atoms with van der Waals surface area (Å²) in [5, 5.41) is 9.80. The molecule has 2 fully saturated rings. The number of hydrogen-bond acceptors (Lipinski definition) is 2. The standard InChI is InChI=1S/C16H23BNO2/c1-13-4-2-5-15(8-13)20-11-14-9-16(12-19)6-3-7-18(16,17)10-14/h2,4-5,8,14,19H,3,6-7,9-12H2,1H3/q+1. The normalized spacial score (nSPS) is 36.0. The number of aliphatic hydroxyl groups is 1. The lowest BCUT2D eigenvalue weighted by Crippen LogP contribution is -2.56. The molecule has 3 nitrogen and oxygen atoms in total. The summed E-state index contributed by atoms with van der Waals surface area (Å²) in [6.45, 7) is 4.88. The second-order valence-corrected chi connectivity index (χ2v) is 6.62. The number of hydrogen-bond donors (Lipinski definition) is 1. The van der Waals surface area contributed by atoms with Crippen LogP contribution in [0.15, 0.2) is 24.3 Å². The van der Waals surface area contributed by atoms with Crippen molar-refractivity contribution in [1.82, 2.24) is 0 Å². The Morgan fingerprint density at radius 3 is 3.05 bits per heavy atom. The van der Waals surface area contributed by atoms with Crippen LogP contribution < -0.4 is 4.74 Å². The zero-order chi connectivity index (χ0) is 14.2. The van der Waals surface area contributed by atoms with Crippen molar-refractivity contribution < 1.29 is 14.2 Å². The van der Waals surface area contributed by atoms with Crippen molar-refractivity contribution in [1.29, 1.82) is 0 Å². The Balaban J connectivity index is 1.63. The summed E-state index contributed by atoms with van der Waals surface area (Å²) in [6.07, 6.45) is 3.15. The molecule has 0 spiro atoms. The predicted octanol–water partition coefficient (Wildman–Crippen LogP) is 1.82. The Kier molecular flexibility index (Phi) is 3.55. The molecule has 1 N–H and O–H groups in total. The third-order valence-corrected chi connectivity index (χ3v) is 5.17. The third kappa shape index (κ3) is 2.25. The Labute approximate surface area is 122 Å². The van der Waals surface area contributed by atoms with Gasteiger partial charge in [-0.3, -0.25) is 0 Å². The van der Waals surface area contributed by atoms with E-state index in [4.69, 9.17) is 12.7 Å². The quantitative estimate of drug-likeness (QED) is 0.847. The molecule has 2 radical (unpaired) electrons. The highest BCUT2D eigenvalue weighted by Crippen LogP contribution is 2.46. The summed E-state index contributed by atoms with van der Waals surface area (Å²) in [5.41, 5.74) is 1.10. The highest BCUT2D eigenvalue weighted by Gasteiger charge is 2.58. The summed E-state index contributed by atoms with van der Waals surface area (Å²) in [4.78, 5) is 0. The van der Waals surface area contributed by atoms with Crippen LogP contribution in [0.1, 0.15) is 24.8 Å². The molecule has 3 unspecified atom stereocenters. The molecule has 0 amide bonds. The summed E-state index contributed by atoms with van der Waals surface area (Å²) in [6, 6.07) is 8.14. The highest BCUT2D eigenvalue weighted by molar-refractivity contribution is 5.98. The molecule has 20 heavy (non-hydrogen) atoms. The molecule has 0 aromatic heterocycles. The number of aliphatic hydroxyl groups excluding tert-OH is 1. The van der Waals surface area contributed by atoms with Gasteiger partial charge in [-0.15, -0.1) is 0 Å². The van der Waals surface area contributed by atoms with Gasteiger partial charge < -0.3 is 14.2 Å². The fourth-order valence-corrected chi connectivity index (χ4v) is 4.10. The Hall–Kier alpha value is -0.995. The van der Waals surface area contributed by atoms with Gasteiger partial charge in [-0.2, -0.15) is 0 Å². The topological polar surface area (TPSA) is 29.5 Å². The lowest BCUT2D eigenvalue weighted by molar-refractivity contribution is -0.846. The van der Waals surface area contributed by atoms with Gasteiger partial charge in [0.25, 0.3) is 0 Å². The smallest absolute Gasteiger partial charge is 0.481 e. The van der Waals surface area contributed by atoms with E-state index in [1.54, 1.807) is 0 Å². The van der Waals surface area contributed by atoms with Gasteiger partial charge in [-0.1, -0.05) is 12.1 Å². The molecule has 4 heteroatoms. The maximum absolute atomic E-state index is 9.80. The van der Waals surface area contributed by atoms with Crippen LogP contribution in [0, 0.1) is 12.8 Å². The van der Waals surface area contributed by atoms with E-state index in [1.807, 2.05) is 12.1 Å². The average Bonchev–Trinajstić information content (AvgIpc) is 2.86. The first-order valence-electron chi connectivity index (χ1n) is 7.53. The minimum Gasteiger partial charge on any atom is -0.493 e. The number of benzene rings is 1. The molecule has 1 aromatic rings. The Morgan fingerprint density at radius 2 is 2.35 bits per heavy atom. The molecule has 0 saturated carbocycles. The van der Waals surface area contributed by atoms with Crippen molar-refractivity contribution in [3.63, 3.8) is 0 Å². The van der Waals surface area contributed by atoms with Gasteiger partial charge in [0.2, 0.25) is 0 Å². The van der Waals surface area contributed by atoms with E-state index in [-0.39, 0.29) is 12.1 Å². The number of rotatable bonds is 4. The van der Waals surface area contributed by atoms with Gasteiger partial charge in [0.1, 0.15) is 11.3 Å². The molecular formula is C16H23BNO2+. The molecule has 2 saturated heterocycles. The number of fused-ring (bicyclic) bond motifs is 1. The van der Waals surface area contributed by atoms with E-state index in [0.717, 1.165) is 38.1 Å². The lowest BCUT2D eigenvalue weighted by atomic mass is 9.89. The van der Waals surface area contributed by atoms with Crippen LogP contribution in [-0.4, -0.2) is 49.3 Å². The van der Waals surface area contributed by atoms with Gasteiger partial charge in [0, 0.05) is 25.2 Å². The largest absolute Gasteiger partial charge is 0.493 e. The second-order valence-electron chi connectivity index (χ2n) is 6.62. The van der Waals surface area contributed by atoms with E-state index in [0.29, 0.717) is 16.9 Å². The van der Waals surface area contributed by atoms with E-state index in [9.17, 15) is 5.11 Å². The minimum absolute atomic E-state index is 0.110. The summed E-state index contributed by atoms with van der Waals surface area (Å²) in [7, 11) is 6.52. The van der Waals surface area contributed by atoms with Crippen LogP contribution in [0.4, 0.5) is 0 Å². The molecule has 0 aliphatic carbocycles. The van der Waals surface area contributed by atoms with Crippen molar-refractivity contribution in [3.05, 3.63) is 29.8 Å². The Bertz CT molecular complexity index is 495. The minimum atomic E-state index is -0.110. The second kappa shape index (κ2) is 5.08. The van der Waals surface area contributed by atoms with E-state index < -0.39 is 0 Å². The van der Waals surface area contributed by atoms with Crippen LogP contribution in [0.3, 0.4) is 0 Å². The van der Waals surface area contributed by atoms with Gasteiger partial charge in [0.15, 0.2) is 0 Å². The van der Waals surface area contributed by atoms with Gasteiger partial charge in [-0.05, 0) is 24.6 Å². The first-order valence-corrected chi connectivity index (χ1v) is 7.53. The first kappa shape index (κ1) is 14.0. The van der Waals surface area contributed by atoms with Gasteiger partial charge in [-0.25, -0.2) is 0 Å². The first-order chi connectivity index (χ1) is 9.57. The molecule has 3 atom stereocenters. The Morgan fingerprint density at radius 1 is 1.50 bits per heavy atom. The molecule has 1 aromatic carbocycles. The zero-order valence-electron chi connectivity index (χ0n) is 12.2. The summed E-state index contributed by atoms with van der Waals surface area (Å²) in [5.74, 6) is 1.37. The van der Waals surface area contributed by atoms with Crippen molar-refractivity contribution in [3.8, 4) is 5.75 Å². The average molecular weight is 272 g/mol. The molecule has 106 valence electrons. The maximum atomic E-state index is 9.80. The molecule has 0 bridgehead atoms. The number of ether oxygens (including phenoxy) is 1. The molecule has 2 heterocycles. The molecule has 3 rings (SSSR count). The lowest BCUT2D eigenvalue weighted by Gasteiger charge is -2.40. The van der Waals surface area contributed by atoms with Crippen LogP contribution >= 0.6 is 0 Å². The SMILES string of the molecule is [B][N+]12CCCC1(CO)CC(COc1cccc(C)c1)C2. The molecule has 2 aliphatic heterocycles. The number of aryl methyl sites for hydroxylation is 1.